The van der Waals surface area contributed by atoms with E-state index in [0.717, 1.165) is 17.6 Å². The van der Waals surface area contributed by atoms with Crippen molar-refractivity contribution < 1.29 is 4.79 Å². The van der Waals surface area contributed by atoms with Gasteiger partial charge in [-0.15, -0.1) is 6.42 Å². The number of aromatic nitrogens is 1. The van der Waals surface area contributed by atoms with Crippen molar-refractivity contribution in [3.63, 3.8) is 0 Å². The Kier molecular flexibility index (Phi) is 3.16. The number of carbonyl (C=O) groups is 1. The molecule has 4 nitrogen and oxygen atoms in total. The molecule has 1 N–H and O–H groups in total. The zero-order valence-corrected chi connectivity index (χ0v) is 12.5. The molecule has 0 spiro atoms. The lowest BCUT2D eigenvalue weighted by atomic mass is 9.84. The van der Waals surface area contributed by atoms with E-state index in [1.807, 2.05) is 35.0 Å². The SMILES string of the molecule is C#Cc1cc2ccc(C(=O)N[C@H]3CN4CCC3CC4)cn2c1. The van der Waals surface area contributed by atoms with Crippen LogP contribution in [0.2, 0.25) is 0 Å². The van der Waals surface area contributed by atoms with Crippen LogP contribution in [0, 0.1) is 18.3 Å². The second-order valence-corrected chi connectivity index (χ2v) is 6.34. The predicted octanol–water partition coefficient (Wildman–Crippen LogP) is 1.74. The summed E-state index contributed by atoms with van der Waals surface area (Å²) >= 11 is 0. The highest BCUT2D eigenvalue weighted by Crippen LogP contribution is 2.27. The number of rotatable bonds is 2. The molecule has 3 aliphatic rings. The summed E-state index contributed by atoms with van der Waals surface area (Å²) in [6, 6.07) is 6.03. The van der Waals surface area contributed by atoms with Crippen molar-refractivity contribution in [2.45, 2.75) is 18.9 Å². The number of piperidine rings is 3. The molecule has 0 unspecified atom stereocenters. The van der Waals surface area contributed by atoms with Gasteiger partial charge in [-0.2, -0.15) is 0 Å². The third kappa shape index (κ3) is 2.28. The first-order valence-electron chi connectivity index (χ1n) is 7.84. The summed E-state index contributed by atoms with van der Waals surface area (Å²) in [5, 5.41) is 3.22. The standard InChI is InChI=1S/C18H19N3O/c1-2-13-9-16-4-3-15(11-21(16)10-13)18(22)19-17-12-20-7-5-14(17)6-8-20/h1,3-4,9-11,14,17H,5-8,12H2,(H,19,22)/t17-/m0/s1. The second kappa shape index (κ2) is 5.19. The molecule has 2 aromatic rings. The minimum absolute atomic E-state index is 0.0107. The maximum atomic E-state index is 12.5. The smallest absolute Gasteiger partial charge is 0.253 e. The first kappa shape index (κ1) is 13.4. The fraction of sp³-hybridized carbons (Fsp3) is 0.389. The lowest BCUT2D eigenvalue weighted by Gasteiger charge is -2.44. The average Bonchev–Trinajstić information content (AvgIpc) is 2.98. The van der Waals surface area contributed by atoms with Crippen LogP contribution in [0.25, 0.3) is 5.52 Å². The monoisotopic (exact) mass is 293 g/mol. The first-order valence-corrected chi connectivity index (χ1v) is 7.84. The number of nitrogens with zero attached hydrogens (tertiary/aromatic N) is 2. The van der Waals surface area contributed by atoms with Gasteiger partial charge in [-0.3, -0.25) is 4.79 Å². The fourth-order valence-corrected chi connectivity index (χ4v) is 3.70. The third-order valence-electron chi connectivity index (χ3n) is 4.99. The Morgan fingerprint density at radius 3 is 2.77 bits per heavy atom. The molecule has 1 atom stereocenters. The zero-order chi connectivity index (χ0) is 15.1. The molecule has 0 radical (unpaired) electrons. The molecule has 3 aliphatic heterocycles. The van der Waals surface area contributed by atoms with Crippen LogP contribution in [0.3, 0.4) is 0 Å². The molecule has 3 fully saturated rings. The fourth-order valence-electron chi connectivity index (χ4n) is 3.70. The van der Waals surface area contributed by atoms with Crippen molar-refractivity contribution in [3.05, 3.63) is 41.7 Å². The molecule has 22 heavy (non-hydrogen) atoms. The third-order valence-corrected chi connectivity index (χ3v) is 4.99. The molecule has 0 aliphatic carbocycles. The van der Waals surface area contributed by atoms with Gasteiger partial charge in [0.1, 0.15) is 0 Å². The Hall–Kier alpha value is -2.25. The van der Waals surface area contributed by atoms with Crippen molar-refractivity contribution in [2.75, 3.05) is 19.6 Å². The van der Waals surface area contributed by atoms with Crippen molar-refractivity contribution >= 4 is 11.4 Å². The van der Waals surface area contributed by atoms with Crippen LogP contribution in [-0.2, 0) is 0 Å². The van der Waals surface area contributed by atoms with Crippen LogP contribution in [0.1, 0.15) is 28.8 Å². The Morgan fingerprint density at radius 1 is 1.27 bits per heavy atom. The van der Waals surface area contributed by atoms with E-state index in [1.54, 1.807) is 0 Å². The van der Waals surface area contributed by atoms with E-state index in [9.17, 15) is 4.79 Å². The maximum Gasteiger partial charge on any atom is 0.253 e. The molecule has 1 amide bonds. The van der Waals surface area contributed by atoms with Crippen LogP contribution >= 0.6 is 0 Å². The summed E-state index contributed by atoms with van der Waals surface area (Å²) in [6.45, 7) is 3.35. The lowest BCUT2D eigenvalue weighted by Crippen LogP contribution is -2.57. The van der Waals surface area contributed by atoms with E-state index in [4.69, 9.17) is 6.42 Å². The number of terminal acetylenes is 1. The topological polar surface area (TPSA) is 36.8 Å². The van der Waals surface area contributed by atoms with E-state index in [2.05, 4.69) is 16.1 Å². The Balaban J connectivity index is 1.54. The van der Waals surface area contributed by atoms with Crippen molar-refractivity contribution in [3.8, 4) is 12.3 Å². The molecule has 2 bridgehead atoms. The maximum absolute atomic E-state index is 12.5. The van der Waals surface area contributed by atoms with Gasteiger partial charge in [-0.05, 0) is 50.0 Å². The van der Waals surface area contributed by atoms with Gasteiger partial charge in [0.05, 0.1) is 5.56 Å². The molecule has 5 heterocycles. The van der Waals surface area contributed by atoms with E-state index in [-0.39, 0.29) is 11.9 Å². The Bertz CT molecular complexity index is 762. The van der Waals surface area contributed by atoms with Crippen LogP contribution in [0.15, 0.2) is 30.6 Å². The highest BCUT2D eigenvalue weighted by Gasteiger charge is 2.34. The summed E-state index contributed by atoms with van der Waals surface area (Å²) < 4.78 is 1.92. The van der Waals surface area contributed by atoms with E-state index in [1.165, 1.54) is 25.9 Å². The summed E-state index contributed by atoms with van der Waals surface area (Å²) in [7, 11) is 0. The van der Waals surface area contributed by atoms with Crippen LogP contribution in [0.5, 0.6) is 0 Å². The van der Waals surface area contributed by atoms with Gasteiger partial charge in [0.2, 0.25) is 0 Å². The predicted molar refractivity (Wildman–Crippen MR) is 85.8 cm³/mol. The van der Waals surface area contributed by atoms with Crippen LogP contribution in [-0.4, -0.2) is 40.9 Å². The van der Waals surface area contributed by atoms with E-state index < -0.39 is 0 Å². The zero-order valence-electron chi connectivity index (χ0n) is 12.5. The number of nitrogens with one attached hydrogen (secondary N) is 1. The number of hydrogen-bond acceptors (Lipinski definition) is 2. The van der Waals surface area contributed by atoms with Crippen LogP contribution < -0.4 is 5.32 Å². The van der Waals surface area contributed by atoms with Gasteiger partial charge >= 0.3 is 0 Å². The first-order chi connectivity index (χ1) is 10.7. The van der Waals surface area contributed by atoms with Crippen molar-refractivity contribution in [1.82, 2.24) is 14.6 Å². The molecule has 2 aromatic heterocycles. The average molecular weight is 293 g/mol. The minimum Gasteiger partial charge on any atom is -0.348 e. The number of fused-ring (bicyclic) bond motifs is 4. The Labute approximate surface area is 130 Å². The van der Waals surface area contributed by atoms with E-state index >= 15 is 0 Å². The molecular formula is C18H19N3O. The number of carbonyl (C=O) groups excluding carboxylic acids is 1. The lowest BCUT2D eigenvalue weighted by molar-refractivity contribution is 0.0620. The molecule has 0 aromatic carbocycles. The largest absolute Gasteiger partial charge is 0.348 e. The van der Waals surface area contributed by atoms with Gasteiger partial charge in [-0.1, -0.05) is 5.92 Å². The highest BCUT2D eigenvalue weighted by molar-refractivity contribution is 5.94. The summed E-state index contributed by atoms with van der Waals surface area (Å²) in [4.78, 5) is 15.0. The number of hydrogen-bond donors (Lipinski definition) is 1. The van der Waals surface area contributed by atoms with Crippen LogP contribution in [0.4, 0.5) is 0 Å². The normalized spacial score (nSPS) is 26.8. The molecule has 4 heteroatoms. The second-order valence-electron chi connectivity index (χ2n) is 6.34. The van der Waals surface area contributed by atoms with Crippen molar-refractivity contribution in [2.24, 2.45) is 5.92 Å². The molecular weight excluding hydrogens is 274 g/mol. The summed E-state index contributed by atoms with van der Waals surface area (Å²) in [5.41, 5.74) is 2.52. The number of amides is 1. The van der Waals surface area contributed by atoms with Gasteiger partial charge in [0.25, 0.3) is 5.91 Å². The molecule has 0 saturated carbocycles. The highest BCUT2D eigenvalue weighted by atomic mass is 16.1. The minimum atomic E-state index is 0.0107. The van der Waals surface area contributed by atoms with Gasteiger partial charge in [-0.25, -0.2) is 0 Å². The van der Waals surface area contributed by atoms with Gasteiger partial charge in [0, 0.05) is 36.1 Å². The molecule has 3 saturated heterocycles. The summed E-state index contributed by atoms with van der Waals surface area (Å²) in [5.74, 6) is 3.27. The molecule has 112 valence electrons. The van der Waals surface area contributed by atoms with Gasteiger partial charge < -0.3 is 14.6 Å². The van der Waals surface area contributed by atoms with Gasteiger partial charge in [0.15, 0.2) is 0 Å². The van der Waals surface area contributed by atoms with E-state index in [0.29, 0.717) is 11.5 Å². The quantitative estimate of drug-likeness (QED) is 0.856. The number of pyridine rings is 1. The molecule has 5 rings (SSSR count). The summed E-state index contributed by atoms with van der Waals surface area (Å²) in [6.07, 6.45) is 11.6. The van der Waals surface area contributed by atoms with Crippen molar-refractivity contribution in [1.29, 1.82) is 0 Å². The Morgan fingerprint density at radius 2 is 2.09 bits per heavy atom.